The first-order valence-electron chi connectivity index (χ1n) is 7.92. The summed E-state index contributed by atoms with van der Waals surface area (Å²) in [6.45, 7) is 2.00. The van der Waals surface area contributed by atoms with Crippen LogP contribution in [0.15, 0.2) is 53.7 Å². The minimum atomic E-state index is -0.395. The molecule has 0 spiro atoms. The van der Waals surface area contributed by atoms with Gasteiger partial charge in [-0.1, -0.05) is 30.0 Å². The van der Waals surface area contributed by atoms with Crippen LogP contribution in [0.2, 0.25) is 0 Å². The van der Waals surface area contributed by atoms with E-state index in [9.17, 15) is 4.79 Å². The molecule has 0 bridgehead atoms. The molecule has 0 saturated carbocycles. The lowest BCUT2D eigenvalue weighted by Gasteiger charge is -2.12. The molecule has 1 aliphatic rings. The van der Waals surface area contributed by atoms with Crippen molar-refractivity contribution >= 4 is 23.4 Å². The van der Waals surface area contributed by atoms with Crippen molar-refractivity contribution in [3.63, 3.8) is 0 Å². The number of hydrogen-bond donors (Lipinski definition) is 1. The molecule has 0 radical (unpaired) electrons. The van der Waals surface area contributed by atoms with E-state index in [0.717, 1.165) is 5.69 Å². The number of anilines is 1. The molecule has 0 aliphatic carbocycles. The topological polar surface area (TPSA) is 91.2 Å². The Morgan fingerprint density at radius 1 is 1.19 bits per heavy atom. The maximum atomic E-state index is 12.5. The van der Waals surface area contributed by atoms with Gasteiger partial charge in [0.2, 0.25) is 17.9 Å². The minimum Gasteiger partial charge on any atom is -0.454 e. The van der Waals surface area contributed by atoms with Crippen molar-refractivity contribution in [2.24, 2.45) is 0 Å². The highest BCUT2D eigenvalue weighted by molar-refractivity contribution is 8.00. The van der Waals surface area contributed by atoms with Gasteiger partial charge in [-0.3, -0.25) is 4.79 Å². The van der Waals surface area contributed by atoms with Crippen molar-refractivity contribution in [3.05, 3.63) is 48.5 Å². The van der Waals surface area contributed by atoms with Crippen molar-refractivity contribution in [3.8, 4) is 17.2 Å². The summed E-state index contributed by atoms with van der Waals surface area (Å²) in [6, 6.07) is 14.8. The summed E-state index contributed by atoms with van der Waals surface area (Å²) in [5.74, 6) is 1.14. The third kappa shape index (κ3) is 3.33. The standard InChI is InChI=1S/C17H15N5O3S/c1-11(16(23)18-12-7-8-14-15(9-12)25-10-24-14)26-17-19-20-21-22(17)13-5-3-2-4-6-13/h2-9,11H,10H2,1H3,(H,18,23)/t11-/m0/s1. The van der Waals surface area contributed by atoms with Crippen molar-refractivity contribution in [1.29, 1.82) is 0 Å². The fourth-order valence-electron chi connectivity index (χ4n) is 2.41. The van der Waals surface area contributed by atoms with Crippen LogP contribution in [-0.2, 0) is 4.79 Å². The maximum Gasteiger partial charge on any atom is 0.237 e. The van der Waals surface area contributed by atoms with Crippen molar-refractivity contribution < 1.29 is 14.3 Å². The van der Waals surface area contributed by atoms with Gasteiger partial charge in [0, 0.05) is 11.8 Å². The Labute approximate surface area is 153 Å². The first kappa shape index (κ1) is 16.4. The molecular weight excluding hydrogens is 354 g/mol. The number of carbonyl (C=O) groups excluding carboxylic acids is 1. The van der Waals surface area contributed by atoms with E-state index in [1.54, 1.807) is 29.8 Å². The summed E-state index contributed by atoms with van der Waals surface area (Å²) in [5, 5.41) is 14.7. The number of nitrogens with zero attached hydrogens (tertiary/aromatic N) is 4. The highest BCUT2D eigenvalue weighted by Crippen LogP contribution is 2.34. The summed E-state index contributed by atoms with van der Waals surface area (Å²) in [5.41, 5.74) is 1.48. The number of nitrogens with one attached hydrogen (secondary N) is 1. The van der Waals surface area contributed by atoms with Crippen molar-refractivity contribution in [1.82, 2.24) is 20.2 Å². The first-order chi connectivity index (χ1) is 12.7. The SMILES string of the molecule is C[C@H](Sc1nnnn1-c1ccccc1)C(=O)Nc1ccc2c(c1)OCO2. The van der Waals surface area contributed by atoms with Gasteiger partial charge >= 0.3 is 0 Å². The van der Waals surface area contributed by atoms with Crippen LogP contribution < -0.4 is 14.8 Å². The lowest BCUT2D eigenvalue weighted by Crippen LogP contribution is -2.22. The van der Waals surface area contributed by atoms with Crippen molar-refractivity contribution in [2.45, 2.75) is 17.3 Å². The van der Waals surface area contributed by atoms with E-state index in [4.69, 9.17) is 9.47 Å². The zero-order valence-corrected chi connectivity index (χ0v) is 14.6. The summed E-state index contributed by atoms with van der Waals surface area (Å²) in [4.78, 5) is 12.5. The Bertz CT molecular complexity index is 931. The summed E-state index contributed by atoms with van der Waals surface area (Å²) < 4.78 is 12.2. The highest BCUT2D eigenvalue weighted by atomic mass is 32.2. The van der Waals surface area contributed by atoms with Crippen LogP contribution in [0, 0.1) is 0 Å². The van der Waals surface area contributed by atoms with Gasteiger partial charge in [-0.25, -0.2) is 0 Å². The van der Waals surface area contributed by atoms with E-state index in [2.05, 4.69) is 20.8 Å². The lowest BCUT2D eigenvalue weighted by atomic mass is 10.2. The molecule has 3 aromatic rings. The lowest BCUT2D eigenvalue weighted by molar-refractivity contribution is -0.115. The Hall–Kier alpha value is -3.07. The molecule has 2 heterocycles. The first-order valence-corrected chi connectivity index (χ1v) is 8.79. The Kier molecular flexibility index (Phi) is 4.44. The molecule has 2 aromatic carbocycles. The number of thioether (sulfide) groups is 1. The van der Waals surface area contributed by atoms with Crippen LogP contribution in [0.25, 0.3) is 5.69 Å². The number of amides is 1. The monoisotopic (exact) mass is 369 g/mol. The number of carbonyl (C=O) groups is 1. The second-order valence-electron chi connectivity index (χ2n) is 5.53. The smallest absolute Gasteiger partial charge is 0.237 e. The van der Waals surface area contributed by atoms with Crippen LogP contribution in [0.1, 0.15) is 6.92 Å². The van der Waals surface area contributed by atoms with Gasteiger partial charge in [0.1, 0.15) is 0 Å². The van der Waals surface area contributed by atoms with Gasteiger partial charge in [0.25, 0.3) is 0 Å². The molecule has 0 saturated heterocycles. The van der Waals surface area contributed by atoms with Gasteiger partial charge in [-0.2, -0.15) is 4.68 Å². The van der Waals surface area contributed by atoms with E-state index in [1.807, 2.05) is 30.3 Å². The van der Waals surface area contributed by atoms with Gasteiger partial charge in [0.15, 0.2) is 11.5 Å². The molecule has 132 valence electrons. The Morgan fingerprint density at radius 2 is 2.00 bits per heavy atom. The number of aromatic nitrogens is 4. The molecule has 0 unspecified atom stereocenters. The average Bonchev–Trinajstić information content (AvgIpc) is 3.31. The van der Waals surface area contributed by atoms with Crippen molar-refractivity contribution in [2.75, 3.05) is 12.1 Å². The molecule has 1 atom stereocenters. The Balaban J connectivity index is 1.45. The third-order valence-electron chi connectivity index (χ3n) is 3.73. The van der Waals surface area contributed by atoms with E-state index in [1.165, 1.54) is 11.8 Å². The zero-order chi connectivity index (χ0) is 17.9. The molecule has 4 rings (SSSR count). The molecule has 1 aliphatic heterocycles. The highest BCUT2D eigenvalue weighted by Gasteiger charge is 2.20. The minimum absolute atomic E-state index is 0.156. The van der Waals surface area contributed by atoms with Crippen LogP contribution >= 0.6 is 11.8 Å². The fourth-order valence-corrected chi connectivity index (χ4v) is 3.22. The van der Waals surface area contributed by atoms with Gasteiger partial charge in [-0.15, -0.1) is 5.10 Å². The number of hydrogen-bond acceptors (Lipinski definition) is 7. The maximum absolute atomic E-state index is 12.5. The number of benzene rings is 2. The summed E-state index contributed by atoms with van der Waals surface area (Å²) >= 11 is 1.28. The second kappa shape index (κ2) is 7.04. The molecular formula is C17H15N5O3S. The molecule has 1 amide bonds. The van der Waals surface area contributed by atoms with Gasteiger partial charge in [-0.05, 0) is 41.6 Å². The molecule has 0 fully saturated rings. The summed E-state index contributed by atoms with van der Waals surface area (Å²) in [6.07, 6.45) is 0. The number of ether oxygens (including phenoxy) is 2. The Morgan fingerprint density at radius 3 is 2.85 bits per heavy atom. The predicted molar refractivity (Wildman–Crippen MR) is 95.7 cm³/mol. The fraction of sp³-hybridized carbons (Fsp3) is 0.176. The zero-order valence-electron chi connectivity index (χ0n) is 13.8. The van der Waals surface area contributed by atoms with E-state index in [0.29, 0.717) is 22.3 Å². The molecule has 8 nitrogen and oxygen atoms in total. The van der Waals surface area contributed by atoms with Gasteiger partial charge < -0.3 is 14.8 Å². The quantitative estimate of drug-likeness (QED) is 0.691. The van der Waals surface area contributed by atoms with Crippen LogP contribution in [0.4, 0.5) is 5.69 Å². The van der Waals surface area contributed by atoms with E-state index in [-0.39, 0.29) is 12.7 Å². The second-order valence-corrected chi connectivity index (χ2v) is 6.83. The largest absolute Gasteiger partial charge is 0.454 e. The molecule has 1 N–H and O–H groups in total. The van der Waals surface area contributed by atoms with Crippen LogP contribution in [0.3, 0.4) is 0 Å². The van der Waals surface area contributed by atoms with Crippen LogP contribution in [0.5, 0.6) is 11.5 Å². The van der Waals surface area contributed by atoms with Crippen LogP contribution in [-0.4, -0.2) is 38.2 Å². The number of rotatable bonds is 5. The average molecular weight is 369 g/mol. The third-order valence-corrected chi connectivity index (χ3v) is 4.77. The normalized spacial score (nSPS) is 13.4. The van der Waals surface area contributed by atoms with E-state index >= 15 is 0 Å². The predicted octanol–water partition coefficient (Wildman–Crippen LogP) is 2.51. The molecule has 26 heavy (non-hydrogen) atoms. The summed E-state index contributed by atoms with van der Waals surface area (Å²) in [7, 11) is 0. The number of fused-ring (bicyclic) bond motifs is 1. The molecule has 9 heteroatoms. The van der Waals surface area contributed by atoms with Gasteiger partial charge in [0.05, 0.1) is 10.9 Å². The number of tetrazole rings is 1. The number of para-hydroxylation sites is 1. The molecule has 1 aromatic heterocycles. The van der Waals surface area contributed by atoms with E-state index < -0.39 is 5.25 Å².